The van der Waals surface area contributed by atoms with E-state index >= 15 is 0 Å². The second kappa shape index (κ2) is 13.4. The van der Waals surface area contributed by atoms with Gasteiger partial charge in [0.25, 0.3) is 5.91 Å². The molecule has 5 rings (SSSR count). The van der Waals surface area contributed by atoms with Gasteiger partial charge in [0.2, 0.25) is 5.91 Å². The van der Waals surface area contributed by atoms with E-state index in [1.54, 1.807) is 32.9 Å². The third-order valence-electron chi connectivity index (χ3n) is 9.86. The van der Waals surface area contributed by atoms with Crippen molar-refractivity contribution < 1.29 is 28.4 Å². The quantitative estimate of drug-likeness (QED) is 0.271. The highest BCUT2D eigenvalue weighted by Crippen LogP contribution is 2.65. The molecule has 2 bridgehead atoms. The van der Waals surface area contributed by atoms with E-state index in [9.17, 15) is 14.4 Å². The van der Waals surface area contributed by atoms with Crippen molar-refractivity contribution in [2.75, 3.05) is 6.54 Å². The normalized spacial score (nSPS) is 26.7. The molecular weight excluding hydrogens is 557 g/mol. The molecule has 44 heavy (non-hydrogen) atoms. The van der Waals surface area contributed by atoms with Crippen LogP contribution in [0.2, 0.25) is 0 Å². The number of hydrogen-bond donors (Lipinski definition) is 3. The van der Waals surface area contributed by atoms with Crippen LogP contribution in [0.25, 0.3) is 0 Å². The molecule has 244 valence electrons. The standard InChI is InChI=1S/C34H54BN3O6/c1-10-11-12-22-13-15-23(16-14-22)29(39)37-25(20-36-31(41)42-32(4,5)6)30(40)38-28(17-21(2)3)35-43-27-19-24-18-26(33(24,7)8)34(27,9)44-35/h13-16,21,24-28H,10-12,17-20H2,1-9H3,(H,36,41)(H,37,39)(H,38,40)/t24-,25-,26-,27+,28-,34-/m0/s1. The van der Waals surface area contributed by atoms with Gasteiger partial charge < -0.3 is 30.0 Å². The van der Waals surface area contributed by atoms with E-state index < -0.39 is 48.2 Å². The lowest BCUT2D eigenvalue weighted by Crippen LogP contribution is -2.65. The molecule has 0 aromatic heterocycles. The molecule has 3 amide bonds. The first kappa shape index (κ1) is 34.3. The zero-order valence-electron chi connectivity index (χ0n) is 28.3. The maximum absolute atomic E-state index is 13.9. The molecule has 0 spiro atoms. The van der Waals surface area contributed by atoms with Gasteiger partial charge in [-0.15, -0.1) is 0 Å². The molecule has 1 aliphatic heterocycles. The van der Waals surface area contributed by atoms with Crippen LogP contribution in [0.15, 0.2) is 24.3 Å². The van der Waals surface area contributed by atoms with Gasteiger partial charge in [-0.1, -0.05) is 53.2 Å². The van der Waals surface area contributed by atoms with E-state index in [1.807, 2.05) is 12.1 Å². The second-order valence-electron chi connectivity index (χ2n) is 15.3. The molecular formula is C34H54BN3O6. The number of benzene rings is 1. The van der Waals surface area contributed by atoms with Gasteiger partial charge in [-0.3, -0.25) is 9.59 Å². The number of carbonyl (C=O) groups excluding carboxylic acids is 3. The molecule has 3 aliphatic carbocycles. The van der Waals surface area contributed by atoms with Crippen LogP contribution in [0.4, 0.5) is 4.79 Å². The summed E-state index contributed by atoms with van der Waals surface area (Å²) in [6, 6.07) is 6.38. The van der Waals surface area contributed by atoms with Gasteiger partial charge in [-0.05, 0) is 101 Å². The van der Waals surface area contributed by atoms with Gasteiger partial charge >= 0.3 is 13.2 Å². The summed E-state index contributed by atoms with van der Waals surface area (Å²) >= 11 is 0. The van der Waals surface area contributed by atoms with Gasteiger partial charge in [-0.2, -0.15) is 0 Å². The van der Waals surface area contributed by atoms with Crippen LogP contribution >= 0.6 is 0 Å². The summed E-state index contributed by atoms with van der Waals surface area (Å²) < 4.78 is 18.6. The van der Waals surface area contributed by atoms with Crippen molar-refractivity contribution in [2.24, 2.45) is 23.2 Å². The molecule has 3 saturated carbocycles. The van der Waals surface area contributed by atoms with Gasteiger partial charge in [0.15, 0.2) is 0 Å². The topological polar surface area (TPSA) is 115 Å². The SMILES string of the molecule is CCCCc1ccc(C(=O)N[C@@H](CNC(=O)OC(C)(C)C)C(=O)N[C@@H](CC(C)C)B2O[C@@H]3C[C@@H]4C[C@@H](C4(C)C)[C@]3(C)O2)cc1. The van der Waals surface area contributed by atoms with Crippen LogP contribution in [0, 0.1) is 23.2 Å². The number of amides is 3. The monoisotopic (exact) mass is 611 g/mol. The number of nitrogens with one attached hydrogen (secondary N) is 3. The van der Waals surface area contributed by atoms with Gasteiger partial charge in [0.1, 0.15) is 11.6 Å². The number of unbranched alkanes of at least 4 members (excludes halogenated alkanes) is 1. The van der Waals surface area contributed by atoms with E-state index in [1.165, 1.54) is 0 Å². The summed E-state index contributed by atoms with van der Waals surface area (Å²) in [5, 5.41) is 8.63. The lowest BCUT2D eigenvalue weighted by molar-refractivity contribution is -0.199. The fourth-order valence-electron chi connectivity index (χ4n) is 7.25. The van der Waals surface area contributed by atoms with E-state index in [0.29, 0.717) is 23.8 Å². The average molecular weight is 612 g/mol. The summed E-state index contributed by atoms with van der Waals surface area (Å²) in [5.41, 5.74) is 0.703. The van der Waals surface area contributed by atoms with Crippen molar-refractivity contribution >= 4 is 25.0 Å². The number of carbonyl (C=O) groups is 3. The second-order valence-corrected chi connectivity index (χ2v) is 15.3. The summed E-state index contributed by atoms with van der Waals surface area (Å²) in [6.07, 6.45) is 5.17. The Kier molecular flexibility index (Phi) is 10.5. The molecule has 4 aliphatic rings. The number of aryl methyl sites for hydroxylation is 1. The average Bonchev–Trinajstić information content (AvgIpc) is 3.29. The summed E-state index contributed by atoms with van der Waals surface area (Å²) in [5.74, 6) is 0.0306. The number of alkyl carbamates (subject to hydrolysis) is 1. The minimum atomic E-state index is -1.05. The predicted octanol–water partition coefficient (Wildman–Crippen LogP) is 5.45. The van der Waals surface area contributed by atoms with E-state index in [0.717, 1.165) is 37.7 Å². The molecule has 10 heteroatoms. The van der Waals surface area contributed by atoms with Crippen LogP contribution < -0.4 is 16.0 Å². The number of ether oxygens (including phenoxy) is 1. The van der Waals surface area contributed by atoms with Crippen LogP contribution in [0.5, 0.6) is 0 Å². The Hall–Kier alpha value is -2.59. The Balaban J connectivity index is 1.48. The highest BCUT2D eigenvalue weighted by atomic mass is 16.7. The van der Waals surface area contributed by atoms with Crippen LogP contribution in [-0.2, 0) is 25.3 Å². The molecule has 9 nitrogen and oxygen atoms in total. The zero-order valence-corrected chi connectivity index (χ0v) is 28.3. The van der Waals surface area contributed by atoms with Crippen molar-refractivity contribution in [1.29, 1.82) is 0 Å². The third kappa shape index (κ3) is 7.79. The van der Waals surface area contributed by atoms with Crippen molar-refractivity contribution in [1.82, 2.24) is 16.0 Å². The smallest absolute Gasteiger partial charge is 0.444 e. The lowest BCUT2D eigenvalue weighted by atomic mass is 9.43. The number of rotatable bonds is 12. The molecule has 3 N–H and O–H groups in total. The van der Waals surface area contributed by atoms with Gasteiger partial charge in [0, 0.05) is 5.56 Å². The molecule has 4 fully saturated rings. The number of hydrogen-bond acceptors (Lipinski definition) is 6. The highest BCUT2D eigenvalue weighted by Gasteiger charge is 2.68. The molecule has 0 radical (unpaired) electrons. The summed E-state index contributed by atoms with van der Waals surface area (Å²) in [4.78, 5) is 39.7. The molecule has 1 saturated heterocycles. The van der Waals surface area contributed by atoms with Gasteiger partial charge in [0.05, 0.1) is 24.2 Å². The first-order chi connectivity index (χ1) is 20.5. The van der Waals surface area contributed by atoms with Crippen LogP contribution in [0.3, 0.4) is 0 Å². The Morgan fingerprint density at radius 2 is 1.75 bits per heavy atom. The zero-order chi connectivity index (χ0) is 32.4. The Morgan fingerprint density at radius 3 is 2.34 bits per heavy atom. The predicted molar refractivity (Wildman–Crippen MR) is 172 cm³/mol. The lowest BCUT2D eigenvalue weighted by Gasteiger charge is -2.64. The van der Waals surface area contributed by atoms with Gasteiger partial charge in [-0.25, -0.2) is 4.79 Å². The summed E-state index contributed by atoms with van der Waals surface area (Å²) in [6.45, 7) is 18.3. The molecule has 6 atom stereocenters. The minimum Gasteiger partial charge on any atom is -0.444 e. The fraction of sp³-hybridized carbons (Fsp3) is 0.735. The van der Waals surface area contributed by atoms with Crippen molar-refractivity contribution in [3.05, 3.63) is 35.4 Å². The maximum atomic E-state index is 13.9. The van der Waals surface area contributed by atoms with Crippen molar-refractivity contribution in [3.63, 3.8) is 0 Å². The maximum Gasteiger partial charge on any atom is 0.481 e. The largest absolute Gasteiger partial charge is 0.481 e. The summed E-state index contributed by atoms with van der Waals surface area (Å²) in [7, 11) is -0.600. The van der Waals surface area contributed by atoms with Crippen molar-refractivity contribution in [2.45, 2.75) is 130 Å². The minimum absolute atomic E-state index is 0.0135. The molecule has 0 unspecified atom stereocenters. The van der Waals surface area contributed by atoms with Crippen molar-refractivity contribution in [3.8, 4) is 0 Å². The fourth-order valence-corrected chi connectivity index (χ4v) is 7.25. The van der Waals surface area contributed by atoms with E-state index in [-0.39, 0.29) is 24.0 Å². The third-order valence-corrected chi connectivity index (χ3v) is 9.86. The van der Waals surface area contributed by atoms with Crippen LogP contribution in [0.1, 0.15) is 110 Å². The van der Waals surface area contributed by atoms with Crippen LogP contribution in [-0.4, -0.2) is 60.9 Å². The first-order valence-corrected chi connectivity index (χ1v) is 16.5. The Bertz CT molecular complexity index is 1180. The molecule has 1 aromatic carbocycles. The Morgan fingerprint density at radius 1 is 1.07 bits per heavy atom. The van der Waals surface area contributed by atoms with E-state index in [2.05, 4.69) is 57.5 Å². The highest BCUT2D eigenvalue weighted by molar-refractivity contribution is 6.48. The molecule has 1 aromatic rings. The molecule has 1 heterocycles. The first-order valence-electron chi connectivity index (χ1n) is 16.5. The van der Waals surface area contributed by atoms with E-state index in [4.69, 9.17) is 14.0 Å². The Labute approximate surface area is 264 Å².